The molecule has 35 heavy (non-hydrogen) atoms. The zero-order valence-electron chi connectivity index (χ0n) is 18.7. The second-order valence-corrected chi connectivity index (χ2v) is 10.1. The van der Waals surface area contributed by atoms with Gasteiger partial charge in [-0.1, -0.05) is 0 Å². The Morgan fingerprint density at radius 1 is 1.20 bits per heavy atom. The fourth-order valence-corrected chi connectivity index (χ4v) is 5.86. The number of piperazine rings is 1. The molecular formula is C23H23F5N4O3. The zero-order valence-corrected chi connectivity index (χ0v) is 18.7. The fourth-order valence-electron chi connectivity index (χ4n) is 5.86. The summed E-state index contributed by atoms with van der Waals surface area (Å²) in [5, 5.41) is 10.3. The summed E-state index contributed by atoms with van der Waals surface area (Å²) in [6, 6.07) is 2.02. The number of carbonyl (C=O) groups is 2. The van der Waals surface area contributed by atoms with Crippen molar-refractivity contribution in [2.45, 2.75) is 49.4 Å². The van der Waals surface area contributed by atoms with Crippen LogP contribution in [0.3, 0.4) is 0 Å². The minimum atomic E-state index is -4.64. The summed E-state index contributed by atoms with van der Waals surface area (Å²) in [5.41, 5.74) is -0.441. The molecule has 4 aliphatic rings. The fraction of sp³-hybridized carbons (Fsp3) is 0.609. The summed E-state index contributed by atoms with van der Waals surface area (Å²) in [6.07, 6.45) is -4.32. The van der Waals surface area contributed by atoms with Crippen molar-refractivity contribution >= 4 is 22.8 Å². The SMILES string of the molecule is Cn1c(C(=O)N2CCN(C3CC4C(C3O)C4(F)F)C(=O)C2)nc2c(C(F)(F)F)cc(C3CC3)cc21. The van der Waals surface area contributed by atoms with Crippen LogP contribution in [0, 0.1) is 11.8 Å². The van der Waals surface area contributed by atoms with Crippen molar-refractivity contribution in [1.82, 2.24) is 19.4 Å². The van der Waals surface area contributed by atoms with Gasteiger partial charge in [0.1, 0.15) is 12.1 Å². The van der Waals surface area contributed by atoms with Crippen LogP contribution in [0.25, 0.3) is 11.0 Å². The van der Waals surface area contributed by atoms with Crippen molar-refractivity contribution < 1.29 is 36.6 Å². The molecule has 0 spiro atoms. The van der Waals surface area contributed by atoms with Crippen LogP contribution in [0.4, 0.5) is 22.0 Å². The van der Waals surface area contributed by atoms with Gasteiger partial charge in [0, 0.05) is 26.1 Å². The first kappa shape index (κ1) is 22.7. The third kappa shape index (κ3) is 3.35. The maximum absolute atomic E-state index is 13.8. The number of aromatic nitrogens is 2. The maximum atomic E-state index is 13.8. The quantitative estimate of drug-likeness (QED) is 0.661. The summed E-state index contributed by atoms with van der Waals surface area (Å²) in [4.78, 5) is 32.6. The number of aliphatic hydroxyl groups is 1. The average Bonchev–Trinajstić information content (AvgIpc) is 3.64. The number of imidazole rings is 1. The van der Waals surface area contributed by atoms with Crippen LogP contribution in [0.5, 0.6) is 0 Å². The number of amides is 2. The molecule has 12 heteroatoms. The Balaban J connectivity index is 1.24. The number of carbonyl (C=O) groups excluding carboxylic acids is 2. The molecule has 3 aliphatic carbocycles. The molecule has 1 aromatic heterocycles. The highest BCUT2D eigenvalue weighted by Crippen LogP contribution is 2.64. The van der Waals surface area contributed by atoms with Crippen LogP contribution >= 0.6 is 0 Å². The average molecular weight is 498 g/mol. The Morgan fingerprint density at radius 3 is 2.49 bits per heavy atom. The molecule has 1 aliphatic heterocycles. The first-order chi connectivity index (χ1) is 16.4. The second kappa shape index (κ2) is 7.14. The van der Waals surface area contributed by atoms with Crippen molar-refractivity contribution in [3.05, 3.63) is 29.1 Å². The van der Waals surface area contributed by atoms with E-state index in [0.717, 1.165) is 18.9 Å². The molecule has 7 nitrogen and oxygen atoms in total. The van der Waals surface area contributed by atoms with E-state index in [-0.39, 0.29) is 48.8 Å². The molecule has 1 saturated heterocycles. The van der Waals surface area contributed by atoms with E-state index in [9.17, 15) is 36.6 Å². The molecule has 0 radical (unpaired) electrons. The van der Waals surface area contributed by atoms with Crippen LogP contribution in [0.2, 0.25) is 0 Å². The van der Waals surface area contributed by atoms with Gasteiger partial charge in [-0.3, -0.25) is 9.59 Å². The number of benzene rings is 1. The third-order valence-corrected chi connectivity index (χ3v) is 8.02. The molecule has 0 bridgehead atoms. The monoisotopic (exact) mass is 498 g/mol. The van der Waals surface area contributed by atoms with Crippen molar-refractivity contribution in [3.8, 4) is 0 Å². The highest BCUT2D eigenvalue weighted by Gasteiger charge is 2.76. The summed E-state index contributed by atoms with van der Waals surface area (Å²) >= 11 is 0. The molecule has 2 aromatic rings. The van der Waals surface area contributed by atoms with Crippen molar-refractivity contribution in [1.29, 1.82) is 0 Å². The van der Waals surface area contributed by atoms with E-state index in [2.05, 4.69) is 4.98 Å². The van der Waals surface area contributed by atoms with Gasteiger partial charge in [0.2, 0.25) is 5.91 Å². The molecule has 4 fully saturated rings. The standard InChI is InChI=1S/C23H23F5N4O3/c1-30-14-7-11(10-2-3-10)6-13(23(26,27)28)18(14)29-20(30)21(35)31-4-5-32(16(33)9-31)15-8-12-17(19(15)34)22(12,24)25/h6-7,10,12,15,17,19,34H,2-5,8-9H2,1H3. The first-order valence-corrected chi connectivity index (χ1v) is 11.6. The summed E-state index contributed by atoms with van der Waals surface area (Å²) in [6.45, 7) is -0.264. The van der Waals surface area contributed by atoms with Gasteiger partial charge in [-0.15, -0.1) is 0 Å². The molecule has 1 aromatic carbocycles. The number of hydrogen-bond acceptors (Lipinski definition) is 4. The molecule has 4 unspecified atom stereocenters. The Kier molecular flexibility index (Phi) is 4.63. The molecule has 188 valence electrons. The lowest BCUT2D eigenvalue weighted by Gasteiger charge is -2.39. The van der Waals surface area contributed by atoms with Crippen LogP contribution in [-0.2, 0) is 18.0 Å². The highest BCUT2D eigenvalue weighted by molar-refractivity contribution is 5.98. The Morgan fingerprint density at radius 2 is 1.91 bits per heavy atom. The zero-order chi connectivity index (χ0) is 25.0. The Labute approximate surface area is 196 Å². The summed E-state index contributed by atoms with van der Waals surface area (Å²) in [7, 11) is 1.47. The van der Waals surface area contributed by atoms with Crippen LogP contribution < -0.4 is 0 Å². The van der Waals surface area contributed by atoms with E-state index in [1.165, 1.54) is 21.4 Å². The lowest BCUT2D eigenvalue weighted by atomic mass is 10.0. The van der Waals surface area contributed by atoms with Crippen molar-refractivity contribution in [2.75, 3.05) is 19.6 Å². The van der Waals surface area contributed by atoms with Crippen molar-refractivity contribution in [3.63, 3.8) is 0 Å². The number of halogens is 5. The first-order valence-electron chi connectivity index (χ1n) is 11.6. The molecule has 2 heterocycles. The van der Waals surface area contributed by atoms with E-state index in [0.29, 0.717) is 5.56 Å². The predicted octanol–water partition coefficient (Wildman–Crippen LogP) is 2.77. The van der Waals surface area contributed by atoms with Crippen molar-refractivity contribution in [2.24, 2.45) is 18.9 Å². The highest BCUT2D eigenvalue weighted by atomic mass is 19.4. The van der Waals surface area contributed by atoms with E-state index >= 15 is 0 Å². The topological polar surface area (TPSA) is 78.7 Å². The largest absolute Gasteiger partial charge is 0.418 e. The number of rotatable bonds is 3. The smallest absolute Gasteiger partial charge is 0.390 e. The second-order valence-electron chi connectivity index (χ2n) is 10.1. The van der Waals surface area contributed by atoms with E-state index in [1.807, 2.05) is 0 Å². The van der Waals surface area contributed by atoms with E-state index < -0.39 is 53.5 Å². The van der Waals surface area contributed by atoms with Gasteiger partial charge in [-0.05, 0) is 42.9 Å². The maximum Gasteiger partial charge on any atom is 0.418 e. The molecule has 3 saturated carbocycles. The lowest BCUT2D eigenvalue weighted by Crippen LogP contribution is -2.58. The minimum absolute atomic E-state index is 0.00677. The third-order valence-electron chi connectivity index (χ3n) is 8.02. The van der Waals surface area contributed by atoms with Gasteiger partial charge in [0.05, 0.1) is 29.1 Å². The molecule has 4 atom stereocenters. The number of nitrogens with zero attached hydrogens (tertiary/aromatic N) is 4. The van der Waals surface area contributed by atoms with Gasteiger partial charge < -0.3 is 19.5 Å². The summed E-state index contributed by atoms with van der Waals surface area (Å²) in [5.74, 6) is -6.28. The number of hydrogen-bond donors (Lipinski definition) is 1. The van der Waals surface area contributed by atoms with Gasteiger partial charge in [0.25, 0.3) is 11.8 Å². The Hall–Kier alpha value is -2.76. The van der Waals surface area contributed by atoms with Gasteiger partial charge in [0.15, 0.2) is 5.82 Å². The summed E-state index contributed by atoms with van der Waals surface area (Å²) < 4.78 is 69.8. The van der Waals surface area contributed by atoms with E-state index in [1.54, 1.807) is 6.07 Å². The minimum Gasteiger partial charge on any atom is -0.390 e. The Bertz CT molecular complexity index is 1250. The van der Waals surface area contributed by atoms with Gasteiger partial charge >= 0.3 is 6.18 Å². The number of aliphatic hydroxyl groups excluding tert-OH is 1. The normalized spacial score (nSPS) is 30.2. The number of alkyl halides is 5. The van der Waals surface area contributed by atoms with Gasteiger partial charge in [-0.25, -0.2) is 13.8 Å². The van der Waals surface area contributed by atoms with Crippen LogP contribution in [-0.4, -0.2) is 74.0 Å². The molecule has 2 amide bonds. The van der Waals surface area contributed by atoms with Crippen LogP contribution in [0.1, 0.15) is 46.9 Å². The molecule has 1 N–H and O–H groups in total. The van der Waals surface area contributed by atoms with Crippen LogP contribution in [0.15, 0.2) is 12.1 Å². The molecule has 6 rings (SSSR count). The van der Waals surface area contributed by atoms with E-state index in [4.69, 9.17) is 0 Å². The number of fused-ring (bicyclic) bond motifs is 2. The predicted molar refractivity (Wildman–Crippen MR) is 112 cm³/mol. The van der Waals surface area contributed by atoms with Gasteiger partial charge in [-0.2, -0.15) is 13.2 Å². The number of aryl methyl sites for hydroxylation is 1. The lowest BCUT2D eigenvalue weighted by molar-refractivity contribution is -0.141. The molecular weight excluding hydrogens is 475 g/mol.